The van der Waals surface area contributed by atoms with Crippen LogP contribution < -0.4 is 10.6 Å². The topological polar surface area (TPSA) is 44.4 Å². The van der Waals surface area contributed by atoms with Gasteiger partial charge in [-0.3, -0.25) is 4.79 Å². The standard InChI is InChI=1S/C20H29N3.C8H8O/c1-15(23-12-9-20(14-23)7-10-22-11-8-20)17-4-3-16-5-6-19(21-2)18(16)13-17;1-7-4-2-3-5-8(7)6-9/h3-4,13,19,21-22H,1,5-12,14H2,2H3;2-6H,1H3. The minimum absolute atomic E-state index is 0.520. The number of piperidine rings is 1. The Bertz CT molecular complexity index is 961. The maximum atomic E-state index is 10.2. The molecule has 0 saturated carbocycles. The highest BCUT2D eigenvalue weighted by atomic mass is 16.1. The Morgan fingerprint density at radius 3 is 2.66 bits per heavy atom. The van der Waals surface area contributed by atoms with Gasteiger partial charge in [-0.2, -0.15) is 0 Å². The van der Waals surface area contributed by atoms with E-state index < -0.39 is 0 Å². The van der Waals surface area contributed by atoms with Crippen molar-refractivity contribution in [3.63, 3.8) is 0 Å². The molecule has 3 aliphatic rings. The van der Waals surface area contributed by atoms with E-state index in [0.29, 0.717) is 11.5 Å². The molecule has 2 saturated heterocycles. The molecule has 5 rings (SSSR count). The fourth-order valence-corrected chi connectivity index (χ4v) is 5.51. The number of benzene rings is 2. The molecule has 2 heterocycles. The zero-order valence-electron chi connectivity index (χ0n) is 19.6. The first-order chi connectivity index (χ1) is 15.5. The van der Waals surface area contributed by atoms with Crippen LogP contribution in [-0.4, -0.2) is 44.4 Å². The zero-order chi connectivity index (χ0) is 22.6. The molecule has 2 aromatic rings. The van der Waals surface area contributed by atoms with Crippen molar-refractivity contribution in [1.82, 2.24) is 15.5 Å². The van der Waals surface area contributed by atoms with Gasteiger partial charge in [0.1, 0.15) is 6.29 Å². The summed E-state index contributed by atoms with van der Waals surface area (Å²) in [6.07, 6.45) is 7.27. The molecular formula is C28H37N3O. The quantitative estimate of drug-likeness (QED) is 0.686. The third kappa shape index (κ3) is 4.82. The molecule has 4 heteroatoms. The van der Waals surface area contributed by atoms with Gasteiger partial charge in [0.15, 0.2) is 0 Å². The summed E-state index contributed by atoms with van der Waals surface area (Å²) < 4.78 is 0. The van der Waals surface area contributed by atoms with Crippen molar-refractivity contribution in [2.24, 2.45) is 5.41 Å². The van der Waals surface area contributed by atoms with Gasteiger partial charge in [-0.25, -0.2) is 0 Å². The predicted molar refractivity (Wildman–Crippen MR) is 133 cm³/mol. The molecule has 1 atom stereocenters. The summed E-state index contributed by atoms with van der Waals surface area (Å²) in [5, 5.41) is 6.96. The first kappa shape index (κ1) is 22.8. The minimum atomic E-state index is 0.520. The molecule has 1 unspecified atom stereocenters. The van der Waals surface area contributed by atoms with Crippen LogP contribution >= 0.6 is 0 Å². The van der Waals surface area contributed by atoms with Crippen LogP contribution in [0, 0.1) is 12.3 Å². The van der Waals surface area contributed by atoms with Crippen molar-refractivity contribution in [3.8, 4) is 0 Å². The maximum absolute atomic E-state index is 10.2. The molecule has 0 radical (unpaired) electrons. The van der Waals surface area contributed by atoms with Crippen LogP contribution in [-0.2, 0) is 6.42 Å². The number of hydrogen-bond donors (Lipinski definition) is 2. The molecule has 0 amide bonds. The number of rotatable bonds is 4. The van der Waals surface area contributed by atoms with Gasteiger partial charge in [0.05, 0.1) is 0 Å². The van der Waals surface area contributed by atoms with Crippen LogP contribution in [0.5, 0.6) is 0 Å². The van der Waals surface area contributed by atoms with E-state index in [2.05, 4.69) is 47.4 Å². The highest BCUT2D eigenvalue weighted by Gasteiger charge is 2.39. The summed E-state index contributed by atoms with van der Waals surface area (Å²) in [5.74, 6) is 0. The van der Waals surface area contributed by atoms with Crippen molar-refractivity contribution >= 4 is 12.0 Å². The third-order valence-corrected chi connectivity index (χ3v) is 7.71. The van der Waals surface area contributed by atoms with Gasteiger partial charge in [-0.15, -0.1) is 0 Å². The third-order valence-electron chi connectivity index (χ3n) is 7.71. The molecule has 170 valence electrons. The van der Waals surface area contributed by atoms with Crippen LogP contribution in [0.4, 0.5) is 0 Å². The van der Waals surface area contributed by atoms with Crippen molar-refractivity contribution in [1.29, 1.82) is 0 Å². The van der Waals surface area contributed by atoms with Gasteiger partial charge in [-0.05, 0) is 92.9 Å². The molecule has 0 aromatic heterocycles. The lowest BCUT2D eigenvalue weighted by Crippen LogP contribution is -2.38. The Morgan fingerprint density at radius 2 is 1.97 bits per heavy atom. The van der Waals surface area contributed by atoms with E-state index in [0.717, 1.165) is 17.4 Å². The Hall–Kier alpha value is -2.43. The number of carbonyl (C=O) groups is 1. The van der Waals surface area contributed by atoms with Gasteiger partial charge >= 0.3 is 0 Å². The summed E-state index contributed by atoms with van der Waals surface area (Å²) in [4.78, 5) is 12.8. The molecule has 2 aliphatic heterocycles. The number of aryl methyl sites for hydroxylation is 2. The van der Waals surface area contributed by atoms with Crippen molar-refractivity contribution in [2.45, 2.75) is 45.1 Å². The summed E-state index contributed by atoms with van der Waals surface area (Å²) >= 11 is 0. The molecule has 2 N–H and O–H groups in total. The van der Waals surface area contributed by atoms with Gasteiger partial charge in [0, 0.05) is 30.4 Å². The highest BCUT2D eigenvalue weighted by Crippen LogP contribution is 2.41. The Labute approximate surface area is 193 Å². The van der Waals surface area contributed by atoms with Crippen LogP contribution in [0.15, 0.2) is 49.0 Å². The van der Waals surface area contributed by atoms with Crippen LogP contribution in [0.2, 0.25) is 0 Å². The monoisotopic (exact) mass is 431 g/mol. The molecule has 0 bridgehead atoms. The summed E-state index contributed by atoms with van der Waals surface area (Å²) in [6.45, 7) is 11.1. The summed E-state index contributed by atoms with van der Waals surface area (Å²) in [7, 11) is 2.07. The molecular weight excluding hydrogens is 394 g/mol. The van der Waals surface area contributed by atoms with Gasteiger partial charge in [0.2, 0.25) is 0 Å². The lowest BCUT2D eigenvalue weighted by Gasteiger charge is -2.34. The van der Waals surface area contributed by atoms with Gasteiger partial charge in [-0.1, -0.05) is 43.0 Å². The molecule has 2 fully saturated rings. The largest absolute Gasteiger partial charge is 0.371 e. The molecule has 1 aliphatic carbocycles. The van der Waals surface area contributed by atoms with Gasteiger partial charge in [0.25, 0.3) is 0 Å². The molecule has 2 aromatic carbocycles. The summed E-state index contributed by atoms with van der Waals surface area (Å²) in [5.41, 5.74) is 7.89. The number of aldehydes is 1. The highest BCUT2D eigenvalue weighted by molar-refractivity contribution is 5.76. The predicted octanol–water partition coefficient (Wildman–Crippen LogP) is 4.75. The number of nitrogens with one attached hydrogen (secondary N) is 2. The second kappa shape index (κ2) is 10.0. The second-order valence-corrected chi connectivity index (χ2v) is 9.64. The second-order valence-electron chi connectivity index (χ2n) is 9.64. The van der Waals surface area contributed by atoms with Gasteiger partial charge < -0.3 is 15.5 Å². The van der Waals surface area contributed by atoms with Crippen LogP contribution in [0.25, 0.3) is 5.70 Å². The lowest BCUT2D eigenvalue weighted by molar-refractivity contribution is 0.112. The van der Waals surface area contributed by atoms with Crippen LogP contribution in [0.3, 0.4) is 0 Å². The van der Waals surface area contributed by atoms with E-state index in [1.807, 2.05) is 31.2 Å². The fourth-order valence-electron chi connectivity index (χ4n) is 5.51. The molecule has 32 heavy (non-hydrogen) atoms. The lowest BCUT2D eigenvalue weighted by atomic mass is 9.78. The molecule has 1 spiro atoms. The van der Waals surface area contributed by atoms with E-state index in [4.69, 9.17) is 0 Å². The SMILES string of the molecule is C=C(c1ccc2c(c1)C(NC)CC2)N1CCC2(CCNCC2)C1.Cc1ccccc1C=O. The number of carbonyl (C=O) groups excluding carboxylic acids is 1. The van der Waals surface area contributed by atoms with Crippen molar-refractivity contribution < 1.29 is 4.79 Å². The number of fused-ring (bicyclic) bond motifs is 1. The zero-order valence-corrected chi connectivity index (χ0v) is 19.6. The van der Waals surface area contributed by atoms with Crippen molar-refractivity contribution in [3.05, 3.63) is 76.9 Å². The van der Waals surface area contributed by atoms with E-state index in [1.54, 1.807) is 0 Å². The van der Waals surface area contributed by atoms with E-state index in [9.17, 15) is 4.79 Å². The van der Waals surface area contributed by atoms with E-state index in [-0.39, 0.29) is 0 Å². The van der Waals surface area contributed by atoms with Crippen LogP contribution in [0.1, 0.15) is 64.3 Å². The Balaban J connectivity index is 0.000000230. The molecule has 4 nitrogen and oxygen atoms in total. The minimum Gasteiger partial charge on any atom is -0.371 e. The summed E-state index contributed by atoms with van der Waals surface area (Å²) in [6, 6.07) is 15.0. The first-order valence-electron chi connectivity index (χ1n) is 12.0. The Morgan fingerprint density at radius 1 is 1.19 bits per heavy atom. The smallest absolute Gasteiger partial charge is 0.150 e. The van der Waals surface area contributed by atoms with E-state index in [1.165, 1.54) is 80.7 Å². The number of likely N-dealkylation sites (tertiary alicyclic amines) is 1. The number of nitrogens with zero attached hydrogens (tertiary/aromatic N) is 1. The maximum Gasteiger partial charge on any atom is 0.150 e. The number of hydrogen-bond acceptors (Lipinski definition) is 4. The average molecular weight is 432 g/mol. The fraction of sp³-hybridized carbons (Fsp3) is 0.464. The Kier molecular flexibility index (Phi) is 7.12. The average Bonchev–Trinajstić information content (AvgIpc) is 3.43. The first-order valence-corrected chi connectivity index (χ1v) is 12.0. The van der Waals surface area contributed by atoms with E-state index >= 15 is 0 Å². The normalized spacial score (nSPS) is 21.1. The van der Waals surface area contributed by atoms with Crippen molar-refractivity contribution in [2.75, 3.05) is 33.2 Å².